The van der Waals surface area contributed by atoms with E-state index in [4.69, 9.17) is 10.5 Å². The van der Waals surface area contributed by atoms with Gasteiger partial charge in [-0.3, -0.25) is 9.69 Å². The average molecular weight is 331 g/mol. The van der Waals surface area contributed by atoms with Crippen molar-refractivity contribution in [3.05, 3.63) is 29.8 Å². The summed E-state index contributed by atoms with van der Waals surface area (Å²) < 4.78 is 5.30. The monoisotopic (exact) mass is 331 g/mol. The molecule has 2 fully saturated rings. The Bertz CT molecular complexity index is 544. The molecule has 1 aromatic rings. The maximum absolute atomic E-state index is 12.4. The minimum atomic E-state index is -0.804. The minimum absolute atomic E-state index is 0.108. The molecule has 0 radical (unpaired) electrons. The fourth-order valence-corrected chi connectivity index (χ4v) is 3.39. The van der Waals surface area contributed by atoms with Crippen molar-refractivity contribution in [1.29, 1.82) is 0 Å². The predicted molar refractivity (Wildman–Crippen MR) is 95.7 cm³/mol. The Morgan fingerprint density at radius 3 is 2.50 bits per heavy atom. The lowest BCUT2D eigenvalue weighted by molar-refractivity contribution is -0.124. The molecule has 3 rings (SSSR count). The van der Waals surface area contributed by atoms with Crippen LogP contribution >= 0.6 is 0 Å². The Balaban J connectivity index is 1.53. The van der Waals surface area contributed by atoms with Gasteiger partial charge in [0.15, 0.2) is 0 Å². The summed E-state index contributed by atoms with van der Waals surface area (Å²) in [5.41, 5.74) is 7.51. The van der Waals surface area contributed by atoms with E-state index in [9.17, 15) is 4.79 Å². The number of ether oxygens (including phenoxy) is 1. The first kappa shape index (κ1) is 17.4. The van der Waals surface area contributed by atoms with Gasteiger partial charge in [0.25, 0.3) is 0 Å². The van der Waals surface area contributed by atoms with Crippen LogP contribution in [0.2, 0.25) is 0 Å². The second-order valence-electron chi connectivity index (χ2n) is 7.38. The highest BCUT2D eigenvalue weighted by Gasteiger charge is 2.35. The van der Waals surface area contributed by atoms with Gasteiger partial charge in [0.05, 0.1) is 0 Å². The summed E-state index contributed by atoms with van der Waals surface area (Å²) in [6.07, 6.45) is 3.72. The molecule has 0 saturated carbocycles. The SMILES string of the molecule is CC1CCN(Cc2ccc(NC(=O)C3(N)CCOCC3)cc2)CC1. The number of piperidine rings is 1. The third-order valence-corrected chi connectivity index (χ3v) is 5.33. The zero-order valence-corrected chi connectivity index (χ0v) is 14.6. The van der Waals surface area contributed by atoms with Crippen LogP contribution in [0.1, 0.15) is 38.2 Å². The van der Waals surface area contributed by atoms with E-state index in [-0.39, 0.29) is 5.91 Å². The Labute approximate surface area is 144 Å². The summed E-state index contributed by atoms with van der Waals surface area (Å²) in [6.45, 7) is 6.78. The topological polar surface area (TPSA) is 67.6 Å². The molecule has 132 valence electrons. The van der Waals surface area contributed by atoms with Crippen molar-refractivity contribution >= 4 is 11.6 Å². The number of nitrogens with two attached hydrogens (primary N) is 1. The second kappa shape index (κ2) is 7.64. The van der Waals surface area contributed by atoms with Crippen LogP contribution in [-0.4, -0.2) is 42.6 Å². The fraction of sp³-hybridized carbons (Fsp3) is 0.632. The van der Waals surface area contributed by atoms with Gasteiger partial charge in [-0.25, -0.2) is 0 Å². The van der Waals surface area contributed by atoms with E-state index in [1.54, 1.807) is 0 Å². The molecule has 0 spiro atoms. The van der Waals surface area contributed by atoms with Gasteiger partial charge in [0.1, 0.15) is 5.54 Å². The molecule has 24 heavy (non-hydrogen) atoms. The number of anilines is 1. The summed E-state index contributed by atoms with van der Waals surface area (Å²) in [6, 6.07) is 8.15. The molecular weight excluding hydrogens is 302 g/mol. The first-order valence-electron chi connectivity index (χ1n) is 9.04. The summed E-state index contributed by atoms with van der Waals surface area (Å²) >= 11 is 0. The van der Waals surface area contributed by atoms with Gasteiger partial charge in [0, 0.05) is 25.4 Å². The molecule has 0 bridgehead atoms. The molecule has 5 nitrogen and oxygen atoms in total. The van der Waals surface area contributed by atoms with Gasteiger partial charge in [-0.2, -0.15) is 0 Å². The predicted octanol–water partition coefficient (Wildman–Crippen LogP) is 2.36. The van der Waals surface area contributed by atoms with Gasteiger partial charge in [-0.1, -0.05) is 19.1 Å². The number of benzene rings is 1. The maximum Gasteiger partial charge on any atom is 0.244 e. The maximum atomic E-state index is 12.4. The number of hydrogen-bond acceptors (Lipinski definition) is 4. The van der Waals surface area contributed by atoms with E-state index in [1.807, 2.05) is 12.1 Å². The Hall–Kier alpha value is -1.43. The summed E-state index contributed by atoms with van der Waals surface area (Å²) in [5, 5.41) is 2.96. The fourth-order valence-electron chi connectivity index (χ4n) is 3.39. The van der Waals surface area contributed by atoms with Crippen molar-refractivity contribution in [3.8, 4) is 0 Å². The number of carbonyl (C=O) groups is 1. The van der Waals surface area contributed by atoms with Crippen LogP contribution in [0.5, 0.6) is 0 Å². The number of nitrogens with one attached hydrogen (secondary N) is 1. The lowest BCUT2D eigenvalue weighted by Crippen LogP contribution is -2.54. The van der Waals surface area contributed by atoms with E-state index >= 15 is 0 Å². The van der Waals surface area contributed by atoms with E-state index in [0.717, 1.165) is 18.2 Å². The molecule has 0 unspecified atom stereocenters. The smallest absolute Gasteiger partial charge is 0.244 e. The van der Waals surface area contributed by atoms with Crippen molar-refractivity contribution in [1.82, 2.24) is 4.90 Å². The molecule has 0 atom stereocenters. The van der Waals surface area contributed by atoms with Crippen LogP contribution in [0.4, 0.5) is 5.69 Å². The van der Waals surface area contributed by atoms with Crippen LogP contribution in [0.3, 0.4) is 0 Å². The third-order valence-electron chi connectivity index (χ3n) is 5.33. The van der Waals surface area contributed by atoms with Gasteiger partial charge in [0.2, 0.25) is 5.91 Å². The van der Waals surface area contributed by atoms with Gasteiger partial charge < -0.3 is 15.8 Å². The molecule has 2 aliphatic heterocycles. The van der Waals surface area contributed by atoms with E-state index in [1.165, 1.54) is 31.5 Å². The van der Waals surface area contributed by atoms with Gasteiger partial charge in [-0.05, 0) is 62.4 Å². The first-order valence-corrected chi connectivity index (χ1v) is 9.04. The van der Waals surface area contributed by atoms with Crippen molar-refractivity contribution in [2.75, 3.05) is 31.6 Å². The number of hydrogen-bond donors (Lipinski definition) is 2. The molecule has 1 amide bonds. The van der Waals surface area contributed by atoms with Crippen LogP contribution in [0.25, 0.3) is 0 Å². The second-order valence-corrected chi connectivity index (χ2v) is 7.38. The van der Waals surface area contributed by atoms with Crippen molar-refractivity contribution < 1.29 is 9.53 Å². The van der Waals surface area contributed by atoms with Gasteiger partial charge in [-0.15, -0.1) is 0 Å². The number of rotatable bonds is 4. The zero-order valence-electron chi connectivity index (χ0n) is 14.6. The molecule has 3 N–H and O–H groups in total. The molecule has 2 heterocycles. The average Bonchev–Trinajstić information content (AvgIpc) is 2.59. The number of amides is 1. The van der Waals surface area contributed by atoms with Crippen LogP contribution in [0, 0.1) is 5.92 Å². The van der Waals surface area contributed by atoms with Crippen molar-refractivity contribution in [2.45, 2.75) is 44.7 Å². The highest BCUT2D eigenvalue weighted by atomic mass is 16.5. The molecule has 1 aromatic carbocycles. The quantitative estimate of drug-likeness (QED) is 0.889. The third kappa shape index (κ3) is 4.35. The highest BCUT2D eigenvalue weighted by Crippen LogP contribution is 2.22. The summed E-state index contributed by atoms with van der Waals surface area (Å²) in [4.78, 5) is 14.9. The number of likely N-dealkylation sites (tertiary alicyclic amines) is 1. The van der Waals surface area contributed by atoms with E-state index in [2.05, 4.69) is 29.3 Å². The number of nitrogens with zero attached hydrogens (tertiary/aromatic N) is 1. The molecule has 0 aliphatic carbocycles. The lowest BCUT2D eigenvalue weighted by Gasteiger charge is -2.32. The molecular formula is C19H29N3O2. The van der Waals surface area contributed by atoms with Gasteiger partial charge >= 0.3 is 0 Å². The summed E-state index contributed by atoms with van der Waals surface area (Å²) in [7, 11) is 0. The Morgan fingerprint density at radius 2 is 1.88 bits per heavy atom. The lowest BCUT2D eigenvalue weighted by atomic mass is 9.90. The van der Waals surface area contributed by atoms with Crippen LogP contribution in [0.15, 0.2) is 24.3 Å². The van der Waals surface area contributed by atoms with Crippen molar-refractivity contribution in [2.24, 2.45) is 11.7 Å². The zero-order chi connectivity index (χ0) is 17.0. The normalized spacial score (nSPS) is 22.2. The Kier molecular flexibility index (Phi) is 5.54. The molecule has 2 aliphatic rings. The minimum Gasteiger partial charge on any atom is -0.381 e. The first-order chi connectivity index (χ1) is 11.5. The van der Waals surface area contributed by atoms with E-state index in [0.29, 0.717) is 26.1 Å². The van der Waals surface area contributed by atoms with Crippen LogP contribution < -0.4 is 11.1 Å². The summed E-state index contributed by atoms with van der Waals surface area (Å²) in [5.74, 6) is 0.746. The van der Waals surface area contributed by atoms with Crippen LogP contribution in [-0.2, 0) is 16.1 Å². The molecule has 0 aromatic heterocycles. The molecule has 2 saturated heterocycles. The largest absolute Gasteiger partial charge is 0.381 e. The standard InChI is InChI=1S/C19H29N3O2/c1-15-6-10-22(11-7-15)14-16-2-4-17(5-3-16)21-18(23)19(20)8-12-24-13-9-19/h2-5,15H,6-14,20H2,1H3,(H,21,23). The molecule has 5 heteroatoms. The van der Waals surface area contributed by atoms with E-state index < -0.39 is 5.54 Å². The Morgan fingerprint density at radius 1 is 1.25 bits per heavy atom. The van der Waals surface area contributed by atoms with Crippen molar-refractivity contribution in [3.63, 3.8) is 0 Å². The number of carbonyl (C=O) groups excluding carboxylic acids is 1. The highest BCUT2D eigenvalue weighted by molar-refractivity contribution is 5.98.